The second kappa shape index (κ2) is 7.07. The number of Topliss-reactive ketones (excluding diaryl/α,β-unsaturated/α-hetero) is 1. The third-order valence-electron chi connectivity index (χ3n) is 2.84. The molecule has 0 atom stereocenters. The summed E-state index contributed by atoms with van der Waals surface area (Å²) >= 11 is 13.3. The molecule has 0 aliphatic heterocycles. The molecule has 6 heteroatoms. The number of hydrogen-bond donors (Lipinski definition) is 1. The van der Waals surface area contributed by atoms with E-state index in [0.717, 1.165) is 9.75 Å². The minimum Gasteiger partial charge on any atom is -0.352 e. The topological polar surface area (TPSA) is 46.2 Å². The van der Waals surface area contributed by atoms with E-state index in [4.69, 9.17) is 23.2 Å². The lowest BCUT2D eigenvalue weighted by Gasteiger charge is -2.06. The van der Waals surface area contributed by atoms with Crippen molar-refractivity contribution in [1.82, 2.24) is 5.32 Å². The lowest BCUT2D eigenvalue weighted by molar-refractivity contribution is 0.0953. The molecule has 0 spiro atoms. The summed E-state index contributed by atoms with van der Waals surface area (Å²) in [6, 6.07) is 8.48. The molecule has 1 aromatic carbocycles. The van der Waals surface area contributed by atoms with E-state index >= 15 is 0 Å². The number of thiophene rings is 1. The predicted molar refractivity (Wildman–Crippen MR) is 86.8 cm³/mol. The van der Waals surface area contributed by atoms with E-state index in [2.05, 4.69) is 5.32 Å². The van der Waals surface area contributed by atoms with Crippen LogP contribution in [0.3, 0.4) is 0 Å². The average molecular weight is 342 g/mol. The molecule has 3 nitrogen and oxygen atoms in total. The Hall–Kier alpha value is -1.36. The van der Waals surface area contributed by atoms with Crippen molar-refractivity contribution in [2.24, 2.45) is 0 Å². The van der Waals surface area contributed by atoms with E-state index < -0.39 is 0 Å². The highest BCUT2D eigenvalue weighted by atomic mass is 35.5. The van der Waals surface area contributed by atoms with Crippen molar-refractivity contribution >= 4 is 46.2 Å². The van der Waals surface area contributed by atoms with Crippen molar-refractivity contribution in [3.63, 3.8) is 0 Å². The van der Waals surface area contributed by atoms with Gasteiger partial charge >= 0.3 is 0 Å². The van der Waals surface area contributed by atoms with E-state index in [1.165, 1.54) is 17.4 Å². The Morgan fingerprint density at radius 2 is 1.95 bits per heavy atom. The van der Waals surface area contributed by atoms with Gasteiger partial charge in [0.15, 0.2) is 5.78 Å². The molecule has 0 saturated carbocycles. The Morgan fingerprint density at radius 3 is 2.62 bits per heavy atom. The molecule has 1 amide bonds. The average Bonchev–Trinajstić information content (AvgIpc) is 2.90. The van der Waals surface area contributed by atoms with Gasteiger partial charge in [0.05, 0.1) is 15.5 Å². The van der Waals surface area contributed by atoms with Crippen LogP contribution in [-0.2, 0) is 6.42 Å². The maximum absolute atomic E-state index is 12.0. The summed E-state index contributed by atoms with van der Waals surface area (Å²) in [4.78, 5) is 25.0. The van der Waals surface area contributed by atoms with E-state index in [1.54, 1.807) is 25.1 Å². The van der Waals surface area contributed by atoms with Crippen molar-refractivity contribution in [2.75, 3.05) is 6.54 Å². The fourth-order valence-corrected chi connectivity index (χ4v) is 3.05. The highest BCUT2D eigenvalue weighted by Gasteiger charge is 2.11. The van der Waals surface area contributed by atoms with Gasteiger partial charge in [-0.1, -0.05) is 23.2 Å². The van der Waals surface area contributed by atoms with Gasteiger partial charge in [0.2, 0.25) is 0 Å². The van der Waals surface area contributed by atoms with Gasteiger partial charge < -0.3 is 5.32 Å². The summed E-state index contributed by atoms with van der Waals surface area (Å²) in [6.07, 6.45) is 0.669. The minimum atomic E-state index is -0.258. The van der Waals surface area contributed by atoms with E-state index in [1.807, 2.05) is 6.07 Å². The van der Waals surface area contributed by atoms with Crippen LogP contribution >= 0.6 is 34.5 Å². The first-order valence-electron chi connectivity index (χ1n) is 6.30. The molecule has 0 radical (unpaired) electrons. The van der Waals surface area contributed by atoms with Gasteiger partial charge in [0.1, 0.15) is 0 Å². The third-order valence-corrected chi connectivity index (χ3v) is 4.65. The summed E-state index contributed by atoms with van der Waals surface area (Å²) in [5.74, 6) is -0.202. The summed E-state index contributed by atoms with van der Waals surface area (Å²) < 4.78 is 0. The monoisotopic (exact) mass is 341 g/mol. The standard InChI is InChI=1S/C15H13Cl2NO2S/c1-9(19)14-5-3-11(21-14)6-7-18-15(20)12-8-10(16)2-4-13(12)17/h2-5,8H,6-7H2,1H3,(H,18,20). The molecule has 1 heterocycles. The SMILES string of the molecule is CC(=O)c1ccc(CCNC(=O)c2cc(Cl)ccc2Cl)s1. The smallest absolute Gasteiger partial charge is 0.252 e. The third kappa shape index (κ3) is 4.30. The van der Waals surface area contributed by atoms with Crippen LogP contribution in [-0.4, -0.2) is 18.2 Å². The Balaban J connectivity index is 1.92. The first-order valence-corrected chi connectivity index (χ1v) is 7.87. The van der Waals surface area contributed by atoms with Crippen molar-refractivity contribution in [1.29, 1.82) is 0 Å². The van der Waals surface area contributed by atoms with E-state index in [9.17, 15) is 9.59 Å². The van der Waals surface area contributed by atoms with Crippen LogP contribution in [0.5, 0.6) is 0 Å². The zero-order valence-electron chi connectivity index (χ0n) is 11.3. The molecule has 0 saturated heterocycles. The largest absolute Gasteiger partial charge is 0.352 e. The molecule has 0 unspecified atom stereocenters. The van der Waals surface area contributed by atoms with E-state index in [-0.39, 0.29) is 11.7 Å². The molecule has 0 fully saturated rings. The number of nitrogens with one attached hydrogen (secondary N) is 1. The molecule has 21 heavy (non-hydrogen) atoms. The van der Waals surface area contributed by atoms with Gasteiger partial charge in [-0.05, 0) is 43.7 Å². The second-order valence-electron chi connectivity index (χ2n) is 4.45. The molecular weight excluding hydrogens is 329 g/mol. The van der Waals surface area contributed by atoms with Gasteiger partial charge in [0, 0.05) is 16.4 Å². The molecule has 1 aromatic heterocycles. The molecular formula is C15H13Cl2NO2S. The number of ketones is 1. The molecule has 0 aliphatic carbocycles. The highest BCUT2D eigenvalue weighted by Crippen LogP contribution is 2.21. The number of carbonyl (C=O) groups excluding carboxylic acids is 2. The quantitative estimate of drug-likeness (QED) is 0.827. The van der Waals surface area contributed by atoms with Gasteiger partial charge in [0.25, 0.3) is 5.91 Å². The number of rotatable bonds is 5. The van der Waals surface area contributed by atoms with Gasteiger partial charge in [-0.2, -0.15) is 0 Å². The first kappa shape index (κ1) is 16.0. The summed E-state index contributed by atoms with van der Waals surface area (Å²) in [6.45, 7) is 2.01. The second-order valence-corrected chi connectivity index (χ2v) is 6.46. The van der Waals surface area contributed by atoms with Gasteiger partial charge in [-0.15, -0.1) is 11.3 Å². The number of amides is 1. The lowest BCUT2D eigenvalue weighted by Crippen LogP contribution is -2.25. The summed E-state index contributed by atoms with van der Waals surface area (Å²) in [5, 5.41) is 3.63. The van der Waals surface area contributed by atoms with Gasteiger partial charge in [-0.3, -0.25) is 9.59 Å². The first-order chi connectivity index (χ1) is 9.97. The van der Waals surface area contributed by atoms with Crippen LogP contribution in [0.1, 0.15) is 31.8 Å². The van der Waals surface area contributed by atoms with E-state index in [0.29, 0.717) is 28.6 Å². The summed E-state index contributed by atoms with van der Waals surface area (Å²) in [7, 11) is 0. The number of benzene rings is 1. The molecule has 110 valence electrons. The van der Waals surface area contributed by atoms with Crippen molar-refractivity contribution in [3.8, 4) is 0 Å². The van der Waals surface area contributed by atoms with Crippen molar-refractivity contribution in [2.45, 2.75) is 13.3 Å². The van der Waals surface area contributed by atoms with Crippen molar-refractivity contribution < 1.29 is 9.59 Å². The Kier molecular flexibility index (Phi) is 5.39. The van der Waals surface area contributed by atoms with Crippen LogP contribution in [0.4, 0.5) is 0 Å². The molecule has 1 N–H and O–H groups in total. The van der Waals surface area contributed by atoms with Crippen LogP contribution in [0.15, 0.2) is 30.3 Å². The van der Waals surface area contributed by atoms with Crippen LogP contribution in [0, 0.1) is 0 Å². The van der Waals surface area contributed by atoms with Gasteiger partial charge in [-0.25, -0.2) is 0 Å². The zero-order valence-corrected chi connectivity index (χ0v) is 13.6. The maximum atomic E-state index is 12.0. The molecule has 0 bridgehead atoms. The minimum absolute atomic E-state index is 0.0565. The fourth-order valence-electron chi connectivity index (χ4n) is 1.77. The number of hydrogen-bond acceptors (Lipinski definition) is 3. The normalized spacial score (nSPS) is 10.4. The molecule has 2 rings (SSSR count). The Morgan fingerprint density at radius 1 is 1.19 bits per heavy atom. The Bertz CT molecular complexity index is 682. The molecule has 0 aliphatic rings. The number of carbonyl (C=O) groups is 2. The fraction of sp³-hybridized carbons (Fsp3) is 0.200. The van der Waals surface area contributed by atoms with Crippen LogP contribution < -0.4 is 5.32 Å². The predicted octanol–water partition coefficient (Wildman–Crippen LogP) is 4.23. The maximum Gasteiger partial charge on any atom is 0.252 e. The van der Waals surface area contributed by atoms with Crippen molar-refractivity contribution in [3.05, 3.63) is 55.7 Å². The lowest BCUT2D eigenvalue weighted by atomic mass is 10.2. The van der Waals surface area contributed by atoms with Crippen LogP contribution in [0.25, 0.3) is 0 Å². The van der Waals surface area contributed by atoms with Crippen LogP contribution in [0.2, 0.25) is 10.0 Å². The summed E-state index contributed by atoms with van der Waals surface area (Å²) in [5.41, 5.74) is 0.361. The zero-order chi connectivity index (χ0) is 15.4. The highest BCUT2D eigenvalue weighted by molar-refractivity contribution is 7.14. The number of halogens is 2. The molecule has 2 aromatic rings. The Labute approximate surface area is 136 Å².